The molecule has 0 unspecified atom stereocenters. The number of nitrogens with zero attached hydrogens (tertiary/aromatic N) is 3. The van der Waals surface area contributed by atoms with Gasteiger partial charge in [-0.25, -0.2) is 9.29 Å². The Kier molecular flexibility index (Phi) is 4.35. The molecule has 0 N–H and O–H groups in total. The number of fused-ring (bicyclic) bond motifs is 1. The molecule has 0 radical (unpaired) electrons. The van der Waals surface area contributed by atoms with E-state index in [4.69, 9.17) is 9.47 Å². The van der Waals surface area contributed by atoms with Gasteiger partial charge in [-0.05, 0) is 36.4 Å². The second-order valence-corrected chi connectivity index (χ2v) is 7.32. The number of piperazine rings is 1. The van der Waals surface area contributed by atoms with Crippen LogP contribution in [-0.4, -0.2) is 55.7 Å². The lowest BCUT2D eigenvalue weighted by atomic mass is 10.1. The first-order chi connectivity index (χ1) is 14.1. The van der Waals surface area contributed by atoms with Crippen LogP contribution in [0.2, 0.25) is 0 Å². The van der Waals surface area contributed by atoms with E-state index in [1.54, 1.807) is 30.3 Å². The third-order valence-corrected chi connectivity index (χ3v) is 5.68. The van der Waals surface area contributed by atoms with Crippen molar-refractivity contribution in [3.05, 3.63) is 48.3 Å². The van der Waals surface area contributed by atoms with Crippen molar-refractivity contribution in [1.29, 1.82) is 0 Å². The molecule has 7 nitrogen and oxygen atoms in total. The Bertz CT molecular complexity index is 957. The number of rotatable bonds is 3. The number of anilines is 2. The molecule has 3 aliphatic heterocycles. The third-order valence-electron chi connectivity index (χ3n) is 5.68. The molecule has 2 saturated heterocycles. The van der Waals surface area contributed by atoms with Gasteiger partial charge in [0.15, 0.2) is 11.5 Å². The first-order valence-electron chi connectivity index (χ1n) is 9.61. The molecule has 2 aromatic rings. The molecular formula is C21H20FN3O4. The second-order valence-electron chi connectivity index (χ2n) is 7.32. The van der Waals surface area contributed by atoms with Gasteiger partial charge in [-0.2, -0.15) is 0 Å². The van der Waals surface area contributed by atoms with Crippen molar-refractivity contribution in [2.75, 3.05) is 42.8 Å². The summed E-state index contributed by atoms with van der Waals surface area (Å²) in [6, 6.07) is 11.1. The topological polar surface area (TPSA) is 62.3 Å². The largest absolute Gasteiger partial charge is 0.454 e. The lowest BCUT2D eigenvalue weighted by molar-refractivity contribution is -0.123. The zero-order valence-corrected chi connectivity index (χ0v) is 15.7. The van der Waals surface area contributed by atoms with E-state index in [1.165, 1.54) is 17.0 Å². The van der Waals surface area contributed by atoms with Crippen LogP contribution >= 0.6 is 0 Å². The molecule has 0 spiro atoms. The van der Waals surface area contributed by atoms with Crippen LogP contribution in [0, 0.1) is 5.82 Å². The molecule has 2 aromatic carbocycles. The average Bonchev–Trinajstić information content (AvgIpc) is 3.32. The summed E-state index contributed by atoms with van der Waals surface area (Å²) in [7, 11) is 0. The van der Waals surface area contributed by atoms with Crippen LogP contribution < -0.4 is 19.3 Å². The van der Waals surface area contributed by atoms with Gasteiger partial charge in [0.1, 0.15) is 5.82 Å². The summed E-state index contributed by atoms with van der Waals surface area (Å²) in [6.45, 7) is 2.90. The minimum absolute atomic E-state index is 0.141. The molecule has 5 rings (SSSR count). The number of hydrogen-bond donors (Lipinski definition) is 0. The third kappa shape index (κ3) is 3.19. The number of ether oxygens (including phenoxy) is 2. The van der Waals surface area contributed by atoms with Gasteiger partial charge in [-0.1, -0.05) is 0 Å². The summed E-state index contributed by atoms with van der Waals surface area (Å²) in [4.78, 5) is 31.1. The second kappa shape index (κ2) is 7.04. The van der Waals surface area contributed by atoms with E-state index in [0.717, 1.165) is 5.69 Å². The van der Waals surface area contributed by atoms with Crippen LogP contribution in [0.4, 0.5) is 15.8 Å². The van der Waals surface area contributed by atoms with Crippen molar-refractivity contribution < 1.29 is 23.5 Å². The fraction of sp³-hybridized carbons (Fsp3) is 0.333. The highest BCUT2D eigenvalue weighted by Crippen LogP contribution is 2.37. The highest BCUT2D eigenvalue weighted by atomic mass is 19.1. The maximum atomic E-state index is 13.1. The van der Waals surface area contributed by atoms with Crippen LogP contribution in [0.25, 0.3) is 0 Å². The normalized spacial score (nSPS) is 21.9. The number of hydrogen-bond acceptors (Lipinski definition) is 6. The smallest absolute Gasteiger partial charge is 0.251 e. The molecule has 150 valence electrons. The molecule has 2 amide bonds. The average molecular weight is 397 g/mol. The Morgan fingerprint density at radius 1 is 0.862 bits per heavy atom. The minimum Gasteiger partial charge on any atom is -0.454 e. The van der Waals surface area contributed by atoms with Crippen LogP contribution in [0.5, 0.6) is 11.5 Å². The molecule has 1 atom stereocenters. The van der Waals surface area contributed by atoms with Crippen molar-refractivity contribution in [3.63, 3.8) is 0 Å². The zero-order chi connectivity index (χ0) is 20.0. The van der Waals surface area contributed by atoms with Crippen molar-refractivity contribution in [1.82, 2.24) is 4.90 Å². The van der Waals surface area contributed by atoms with Gasteiger partial charge < -0.3 is 14.4 Å². The van der Waals surface area contributed by atoms with Crippen molar-refractivity contribution in [2.45, 2.75) is 12.5 Å². The quantitative estimate of drug-likeness (QED) is 0.739. The van der Waals surface area contributed by atoms with E-state index >= 15 is 0 Å². The molecular weight excluding hydrogens is 377 g/mol. The molecule has 3 aliphatic rings. The van der Waals surface area contributed by atoms with Crippen LogP contribution in [-0.2, 0) is 9.59 Å². The fourth-order valence-electron chi connectivity index (χ4n) is 4.14. The molecule has 29 heavy (non-hydrogen) atoms. The SMILES string of the molecule is O=C1C[C@H](N2CCN(c3ccc(F)cc3)CC2)C(=O)N1c1ccc2c(c1)OCO2. The fourth-order valence-corrected chi connectivity index (χ4v) is 4.14. The van der Waals surface area contributed by atoms with Gasteiger partial charge in [-0.15, -0.1) is 0 Å². The maximum Gasteiger partial charge on any atom is 0.251 e. The molecule has 0 aromatic heterocycles. The van der Waals surface area contributed by atoms with Gasteiger partial charge in [-0.3, -0.25) is 14.5 Å². The van der Waals surface area contributed by atoms with Crippen LogP contribution in [0.15, 0.2) is 42.5 Å². The molecule has 2 fully saturated rings. The van der Waals surface area contributed by atoms with Crippen molar-refractivity contribution in [3.8, 4) is 11.5 Å². The number of amides is 2. The molecule has 0 saturated carbocycles. The molecule has 8 heteroatoms. The van der Waals surface area contributed by atoms with Gasteiger partial charge >= 0.3 is 0 Å². The van der Waals surface area contributed by atoms with E-state index < -0.39 is 6.04 Å². The summed E-state index contributed by atoms with van der Waals surface area (Å²) in [5, 5.41) is 0. The molecule has 0 aliphatic carbocycles. The van der Waals surface area contributed by atoms with Gasteiger partial charge in [0.25, 0.3) is 5.91 Å². The summed E-state index contributed by atoms with van der Waals surface area (Å²) in [5.74, 6) is 0.482. The maximum absolute atomic E-state index is 13.1. The first kappa shape index (κ1) is 17.9. The number of halogens is 1. The summed E-state index contributed by atoms with van der Waals surface area (Å²) in [6.07, 6.45) is 0.170. The highest BCUT2D eigenvalue weighted by molar-refractivity contribution is 6.22. The highest BCUT2D eigenvalue weighted by Gasteiger charge is 2.43. The van der Waals surface area contributed by atoms with E-state index in [1.807, 2.05) is 0 Å². The summed E-state index contributed by atoms with van der Waals surface area (Å²) in [5.41, 5.74) is 1.47. The summed E-state index contributed by atoms with van der Waals surface area (Å²) < 4.78 is 23.8. The zero-order valence-electron chi connectivity index (χ0n) is 15.7. The molecule has 0 bridgehead atoms. The minimum atomic E-state index is -0.455. The van der Waals surface area contributed by atoms with Crippen molar-refractivity contribution in [2.24, 2.45) is 0 Å². The van der Waals surface area contributed by atoms with Gasteiger partial charge in [0.2, 0.25) is 12.7 Å². The van der Waals surface area contributed by atoms with E-state index in [-0.39, 0.29) is 30.8 Å². The monoisotopic (exact) mass is 397 g/mol. The van der Waals surface area contributed by atoms with E-state index in [9.17, 15) is 14.0 Å². The summed E-state index contributed by atoms with van der Waals surface area (Å²) >= 11 is 0. The number of benzene rings is 2. The van der Waals surface area contributed by atoms with Gasteiger partial charge in [0.05, 0.1) is 18.2 Å². The number of carbonyl (C=O) groups excluding carboxylic acids is 2. The first-order valence-corrected chi connectivity index (χ1v) is 9.61. The Hall–Kier alpha value is -3.13. The lowest BCUT2D eigenvalue weighted by Gasteiger charge is -2.38. The Balaban J connectivity index is 1.27. The Morgan fingerprint density at radius 3 is 2.31 bits per heavy atom. The van der Waals surface area contributed by atoms with Crippen LogP contribution in [0.1, 0.15) is 6.42 Å². The Labute approximate surface area is 167 Å². The number of carbonyl (C=O) groups is 2. The lowest BCUT2D eigenvalue weighted by Crippen LogP contribution is -2.52. The Morgan fingerprint density at radius 2 is 1.55 bits per heavy atom. The predicted molar refractivity (Wildman–Crippen MR) is 104 cm³/mol. The van der Waals surface area contributed by atoms with Gasteiger partial charge in [0, 0.05) is 37.9 Å². The number of imide groups is 1. The van der Waals surface area contributed by atoms with E-state index in [0.29, 0.717) is 43.4 Å². The predicted octanol–water partition coefficient (Wildman–Crippen LogP) is 2.01. The van der Waals surface area contributed by atoms with Crippen molar-refractivity contribution >= 4 is 23.2 Å². The van der Waals surface area contributed by atoms with E-state index in [2.05, 4.69) is 9.80 Å². The van der Waals surface area contributed by atoms with Crippen LogP contribution in [0.3, 0.4) is 0 Å². The molecule has 3 heterocycles. The standard InChI is InChI=1S/C21H20FN3O4/c22-14-1-3-15(4-2-14)23-7-9-24(10-8-23)17-12-20(26)25(21(17)27)16-5-6-18-19(11-16)29-13-28-18/h1-6,11,17H,7-10,12-13H2/t17-/m0/s1.